The van der Waals surface area contributed by atoms with Crippen molar-refractivity contribution < 1.29 is 14.2 Å². The second-order valence-electron chi connectivity index (χ2n) is 14.9. The molecule has 0 bridgehead atoms. The third kappa shape index (κ3) is 6.36. The van der Waals surface area contributed by atoms with E-state index in [0.29, 0.717) is 0 Å². The molecule has 2 amide bonds. The second-order valence-corrected chi connectivity index (χ2v) is 17.4. The number of amides is 2. The molecule has 39 heavy (non-hydrogen) atoms. The van der Waals surface area contributed by atoms with Crippen LogP contribution in [0.25, 0.3) is 0 Å². The monoisotopic (exact) mass is 564 g/mol. The molecule has 3 aliphatic rings. The lowest BCUT2D eigenvalue weighted by Crippen LogP contribution is -2.67. The Balaban J connectivity index is 2.04. The third-order valence-corrected chi connectivity index (χ3v) is 12.5. The van der Waals surface area contributed by atoms with Crippen LogP contribution in [0.5, 0.6) is 0 Å². The second kappa shape index (κ2) is 11.2. The minimum atomic E-state index is -3.04. The molecule has 7 nitrogen and oxygen atoms in total. The predicted octanol–water partition coefficient (Wildman–Crippen LogP) is 7.03. The van der Waals surface area contributed by atoms with E-state index in [-0.39, 0.29) is 46.1 Å². The van der Waals surface area contributed by atoms with Crippen LogP contribution in [-0.2, 0) is 14.2 Å². The van der Waals surface area contributed by atoms with Crippen molar-refractivity contribution in [3.63, 3.8) is 0 Å². The van der Waals surface area contributed by atoms with Crippen LogP contribution in [-0.4, -0.2) is 78.3 Å². The van der Waals surface area contributed by atoms with Crippen molar-refractivity contribution in [2.24, 2.45) is 0 Å². The molecule has 0 saturated carbocycles. The van der Waals surface area contributed by atoms with E-state index in [2.05, 4.69) is 83.5 Å². The van der Waals surface area contributed by atoms with Crippen molar-refractivity contribution in [2.45, 2.75) is 162 Å². The van der Waals surface area contributed by atoms with Crippen LogP contribution in [0.15, 0.2) is 11.9 Å². The van der Waals surface area contributed by atoms with E-state index in [1.54, 1.807) is 13.8 Å². The van der Waals surface area contributed by atoms with Gasteiger partial charge in [-0.3, -0.25) is 14.2 Å². The van der Waals surface area contributed by atoms with Crippen LogP contribution in [0.4, 0.5) is 0 Å². The number of allylic oxidation sites excluding steroid dienone is 1. The van der Waals surface area contributed by atoms with Crippen molar-refractivity contribution in [1.29, 1.82) is 0 Å². The number of hydrogen-bond donors (Lipinski definition) is 0. The molecule has 3 rings (SSSR count). The van der Waals surface area contributed by atoms with E-state index in [0.717, 1.165) is 64.5 Å². The summed E-state index contributed by atoms with van der Waals surface area (Å²) in [6, 6.07) is 0.238. The summed E-state index contributed by atoms with van der Waals surface area (Å²) in [6.45, 7) is 24.4. The van der Waals surface area contributed by atoms with E-state index in [9.17, 15) is 9.59 Å². The lowest BCUT2D eigenvalue weighted by atomic mass is 9.76. The molecule has 224 valence electrons. The molecule has 3 heterocycles. The van der Waals surface area contributed by atoms with Gasteiger partial charge in [-0.2, -0.15) is 0 Å². The summed E-state index contributed by atoms with van der Waals surface area (Å²) in [5.41, 5.74) is -1.30. The van der Waals surface area contributed by atoms with Gasteiger partial charge in [-0.15, -0.1) is 0 Å². The Kier molecular flexibility index (Phi) is 9.33. The summed E-state index contributed by atoms with van der Waals surface area (Å²) in [5, 5.41) is 0. The summed E-state index contributed by atoms with van der Waals surface area (Å²) >= 11 is 0. The molecule has 0 aromatic carbocycles. The Morgan fingerprint density at radius 1 is 0.744 bits per heavy atom. The first-order valence-electron chi connectivity index (χ1n) is 15.2. The van der Waals surface area contributed by atoms with Gasteiger partial charge in [0.2, 0.25) is 19.3 Å². The fourth-order valence-corrected chi connectivity index (χ4v) is 12.1. The quantitative estimate of drug-likeness (QED) is 0.256. The first kappa shape index (κ1) is 32.3. The molecule has 0 N–H and O–H groups in total. The van der Waals surface area contributed by atoms with Crippen LogP contribution < -0.4 is 0 Å². The zero-order chi connectivity index (χ0) is 29.6. The fourth-order valence-electron chi connectivity index (χ4n) is 8.95. The summed E-state index contributed by atoms with van der Waals surface area (Å²) in [7, 11) is -3.04. The van der Waals surface area contributed by atoms with Crippen molar-refractivity contribution >= 4 is 19.3 Å². The van der Waals surface area contributed by atoms with Crippen molar-refractivity contribution in [1.82, 2.24) is 19.1 Å². The fraction of sp³-hybridized carbons (Fsp3) is 0.871. The van der Waals surface area contributed by atoms with Crippen molar-refractivity contribution in [3.05, 3.63) is 11.9 Å². The highest BCUT2D eigenvalue weighted by Gasteiger charge is 2.55. The maximum absolute atomic E-state index is 15.5. The zero-order valence-corrected chi connectivity index (χ0v) is 27.7. The Labute approximate surface area is 239 Å². The molecular weight excluding hydrogens is 507 g/mol. The Bertz CT molecular complexity index is 900. The van der Waals surface area contributed by atoms with E-state index >= 15 is 4.57 Å². The van der Waals surface area contributed by atoms with Gasteiger partial charge in [-0.1, -0.05) is 25.8 Å². The molecular formula is C31H57N4O3P. The summed E-state index contributed by atoms with van der Waals surface area (Å²) < 4.78 is 20.2. The van der Waals surface area contributed by atoms with Crippen LogP contribution in [0.3, 0.4) is 0 Å². The number of likely N-dealkylation sites (tertiary alicyclic amines) is 2. The number of hydrogen-bond acceptors (Lipinski definition) is 3. The molecule has 0 aromatic rings. The molecule has 0 radical (unpaired) electrons. The lowest BCUT2D eigenvalue weighted by Gasteiger charge is -2.60. The smallest absolute Gasteiger partial charge is 0.238 e. The van der Waals surface area contributed by atoms with Gasteiger partial charge in [-0.05, 0) is 93.9 Å². The van der Waals surface area contributed by atoms with Gasteiger partial charge in [-0.25, -0.2) is 9.34 Å². The van der Waals surface area contributed by atoms with Gasteiger partial charge >= 0.3 is 0 Å². The van der Waals surface area contributed by atoms with Gasteiger partial charge < -0.3 is 9.80 Å². The Morgan fingerprint density at radius 2 is 1.10 bits per heavy atom. The van der Waals surface area contributed by atoms with Gasteiger partial charge in [0.05, 0.1) is 0 Å². The maximum Gasteiger partial charge on any atom is 0.238 e. The topological polar surface area (TPSA) is 64.2 Å². The highest BCUT2D eigenvalue weighted by Crippen LogP contribution is 2.63. The minimum absolute atomic E-state index is 0.105. The zero-order valence-electron chi connectivity index (χ0n) is 26.8. The minimum Gasteiger partial charge on any atom is -0.333 e. The van der Waals surface area contributed by atoms with Gasteiger partial charge in [0, 0.05) is 67.0 Å². The predicted molar refractivity (Wildman–Crippen MR) is 162 cm³/mol. The first-order valence-corrected chi connectivity index (χ1v) is 16.9. The molecule has 0 unspecified atom stereocenters. The molecule has 0 atom stereocenters. The lowest BCUT2D eigenvalue weighted by molar-refractivity contribution is -0.149. The van der Waals surface area contributed by atoms with Crippen molar-refractivity contribution in [3.8, 4) is 0 Å². The standard InChI is InChI=1S/C31H57N4O3P/c1-12-13-14-15-19-39(38)32(26-20-28(4,5)34(24(2)36)29(6,7)21-26)17-16-18-33(39)27-22-30(8,9)35(25(3)37)31(10,11)23-27/h15,19,26-27H,12-14,16-18,20-23H2,1-11H3. The highest BCUT2D eigenvalue weighted by atomic mass is 31.2. The van der Waals surface area contributed by atoms with Crippen LogP contribution >= 0.6 is 7.44 Å². The van der Waals surface area contributed by atoms with Crippen molar-refractivity contribution in [2.75, 3.05) is 13.1 Å². The third-order valence-electron chi connectivity index (χ3n) is 9.37. The SMILES string of the molecule is CCCCC=CP1(=O)N(C2CC(C)(C)N(C(C)=O)C(C)(C)C2)CCCN1C1CC(C)(C)N(C(C)=O)C(C)(C)C1. The number of piperidine rings is 2. The van der Waals surface area contributed by atoms with Gasteiger partial charge in [0.25, 0.3) is 0 Å². The number of unbranched alkanes of at least 4 members (excludes halogenated alkanes) is 2. The molecule has 3 fully saturated rings. The normalized spacial score (nSPS) is 27.7. The van der Waals surface area contributed by atoms with E-state index in [1.165, 1.54) is 0 Å². The van der Waals surface area contributed by atoms with E-state index in [4.69, 9.17) is 0 Å². The van der Waals surface area contributed by atoms with E-state index in [1.807, 2.05) is 9.80 Å². The molecule has 3 aliphatic heterocycles. The maximum atomic E-state index is 15.5. The number of nitrogens with zero attached hydrogens (tertiary/aromatic N) is 4. The summed E-state index contributed by atoms with van der Waals surface area (Å²) in [4.78, 5) is 29.5. The molecule has 0 spiro atoms. The van der Waals surface area contributed by atoms with Gasteiger partial charge in [0.15, 0.2) is 0 Å². The van der Waals surface area contributed by atoms with Crippen LogP contribution in [0, 0.1) is 0 Å². The Hall–Kier alpha value is -1.17. The first-order chi connectivity index (χ1) is 17.8. The van der Waals surface area contributed by atoms with Crippen LogP contribution in [0.1, 0.15) is 128 Å². The Morgan fingerprint density at radius 3 is 1.41 bits per heavy atom. The molecule has 3 saturated heterocycles. The van der Waals surface area contributed by atoms with E-state index < -0.39 is 7.44 Å². The van der Waals surface area contributed by atoms with Gasteiger partial charge in [0.1, 0.15) is 0 Å². The number of carbonyl (C=O) groups excluding carboxylic acids is 2. The molecule has 8 heteroatoms. The number of carbonyl (C=O) groups is 2. The summed E-state index contributed by atoms with van der Waals surface area (Å²) in [6.07, 6.45) is 9.47. The average Bonchev–Trinajstić information content (AvgIpc) is 2.72. The van der Waals surface area contributed by atoms with Crippen LogP contribution in [0.2, 0.25) is 0 Å². The largest absolute Gasteiger partial charge is 0.333 e. The average molecular weight is 565 g/mol. The highest BCUT2D eigenvalue weighted by molar-refractivity contribution is 7.62. The number of rotatable bonds is 6. The summed E-state index contributed by atoms with van der Waals surface area (Å²) in [5.74, 6) is 2.28. The molecule has 0 aliphatic carbocycles. The molecule has 0 aromatic heterocycles.